The van der Waals surface area contributed by atoms with Gasteiger partial charge in [-0.2, -0.15) is 0 Å². The van der Waals surface area contributed by atoms with Crippen LogP contribution in [0.2, 0.25) is 0 Å². The average molecular weight is 293 g/mol. The molecule has 2 saturated heterocycles. The highest BCUT2D eigenvalue weighted by molar-refractivity contribution is 7.13. The molecule has 1 aromatic rings. The van der Waals surface area contributed by atoms with Gasteiger partial charge in [-0.15, -0.1) is 11.3 Å². The fraction of sp³-hybridized carbons (Fsp3) is 0.733. The second kappa shape index (κ2) is 6.22. The molecule has 0 spiro atoms. The molecule has 2 aliphatic heterocycles. The van der Waals surface area contributed by atoms with Crippen LogP contribution in [0.15, 0.2) is 5.38 Å². The first-order valence-corrected chi connectivity index (χ1v) is 8.54. The third-order valence-electron chi connectivity index (χ3n) is 4.45. The Morgan fingerprint density at radius 3 is 2.60 bits per heavy atom. The van der Waals surface area contributed by atoms with Gasteiger partial charge in [0.15, 0.2) is 10.9 Å². The summed E-state index contributed by atoms with van der Waals surface area (Å²) in [5.41, 5.74) is 0.615. The van der Waals surface area contributed by atoms with Gasteiger partial charge in [0.2, 0.25) is 0 Å². The van der Waals surface area contributed by atoms with E-state index in [-0.39, 0.29) is 5.78 Å². The van der Waals surface area contributed by atoms with Crippen LogP contribution in [0.3, 0.4) is 0 Å². The van der Waals surface area contributed by atoms with E-state index in [0.717, 1.165) is 24.1 Å². The van der Waals surface area contributed by atoms with Gasteiger partial charge in [0.1, 0.15) is 5.69 Å². The molecule has 0 N–H and O–H groups in total. The molecule has 0 amide bonds. The third kappa shape index (κ3) is 3.20. The Morgan fingerprint density at radius 2 is 2.00 bits per heavy atom. The lowest BCUT2D eigenvalue weighted by Crippen LogP contribution is -2.38. The van der Waals surface area contributed by atoms with Crippen LogP contribution in [-0.2, 0) is 0 Å². The standard InChI is InChI=1S/C15H23N3OS/c1-12(19)14-11-20-15(16-14)18-8-4-13(5-9-18)10-17-6-2-3-7-17/h11,13H,2-10H2,1H3. The zero-order chi connectivity index (χ0) is 13.9. The van der Waals surface area contributed by atoms with E-state index in [1.807, 2.05) is 5.38 Å². The van der Waals surface area contributed by atoms with Crippen molar-refractivity contribution in [1.29, 1.82) is 0 Å². The van der Waals surface area contributed by atoms with E-state index in [0.29, 0.717) is 5.69 Å². The fourth-order valence-corrected chi connectivity index (χ4v) is 4.13. The van der Waals surface area contributed by atoms with Crippen molar-refractivity contribution >= 4 is 22.3 Å². The molecule has 1 aromatic heterocycles. The number of carbonyl (C=O) groups excluding carboxylic acids is 1. The number of carbonyl (C=O) groups is 1. The summed E-state index contributed by atoms with van der Waals surface area (Å²) in [5, 5.41) is 2.91. The van der Waals surface area contributed by atoms with Gasteiger partial charge < -0.3 is 9.80 Å². The molecule has 0 radical (unpaired) electrons. The highest BCUT2D eigenvalue weighted by Gasteiger charge is 2.24. The minimum absolute atomic E-state index is 0.0661. The number of hydrogen-bond acceptors (Lipinski definition) is 5. The molecule has 3 heterocycles. The molecular formula is C15H23N3OS. The number of hydrogen-bond donors (Lipinski definition) is 0. The second-order valence-corrected chi connectivity index (χ2v) is 6.85. The highest BCUT2D eigenvalue weighted by Crippen LogP contribution is 2.27. The number of likely N-dealkylation sites (tertiary alicyclic amines) is 1. The summed E-state index contributed by atoms with van der Waals surface area (Å²) < 4.78 is 0. The molecule has 5 heteroatoms. The van der Waals surface area contributed by atoms with E-state index in [1.165, 1.54) is 45.3 Å². The van der Waals surface area contributed by atoms with Crippen molar-refractivity contribution in [2.24, 2.45) is 5.92 Å². The minimum atomic E-state index is 0.0661. The summed E-state index contributed by atoms with van der Waals surface area (Å²) in [6, 6.07) is 0. The topological polar surface area (TPSA) is 36.4 Å². The van der Waals surface area contributed by atoms with Gasteiger partial charge in [0.05, 0.1) is 0 Å². The van der Waals surface area contributed by atoms with Crippen molar-refractivity contribution in [3.05, 3.63) is 11.1 Å². The van der Waals surface area contributed by atoms with E-state index in [9.17, 15) is 4.79 Å². The zero-order valence-corrected chi connectivity index (χ0v) is 13.0. The van der Waals surface area contributed by atoms with Gasteiger partial charge >= 0.3 is 0 Å². The van der Waals surface area contributed by atoms with Gasteiger partial charge in [-0.1, -0.05) is 0 Å². The Labute approximate surface area is 124 Å². The number of aromatic nitrogens is 1. The maximum atomic E-state index is 11.3. The SMILES string of the molecule is CC(=O)c1csc(N2CCC(CN3CCCC3)CC2)n1. The molecule has 110 valence electrons. The van der Waals surface area contributed by atoms with E-state index in [2.05, 4.69) is 14.8 Å². The fourth-order valence-electron chi connectivity index (χ4n) is 3.21. The number of piperidine rings is 1. The lowest BCUT2D eigenvalue weighted by atomic mass is 9.96. The summed E-state index contributed by atoms with van der Waals surface area (Å²) >= 11 is 1.60. The van der Waals surface area contributed by atoms with Gasteiger partial charge in [-0.3, -0.25) is 4.79 Å². The lowest BCUT2D eigenvalue weighted by Gasteiger charge is -2.33. The first-order valence-electron chi connectivity index (χ1n) is 7.66. The Hall–Kier alpha value is -0.940. The number of anilines is 1. The van der Waals surface area contributed by atoms with Crippen LogP contribution < -0.4 is 4.90 Å². The molecule has 0 aromatic carbocycles. The third-order valence-corrected chi connectivity index (χ3v) is 5.35. The van der Waals surface area contributed by atoms with Crippen molar-refractivity contribution < 1.29 is 4.79 Å². The van der Waals surface area contributed by atoms with Gasteiger partial charge in [0.25, 0.3) is 0 Å². The zero-order valence-electron chi connectivity index (χ0n) is 12.2. The van der Waals surface area contributed by atoms with Gasteiger partial charge in [0, 0.05) is 31.9 Å². The molecule has 0 aliphatic carbocycles. The van der Waals surface area contributed by atoms with Crippen molar-refractivity contribution in [2.75, 3.05) is 37.6 Å². The van der Waals surface area contributed by atoms with E-state index >= 15 is 0 Å². The van der Waals surface area contributed by atoms with Gasteiger partial charge in [-0.25, -0.2) is 4.98 Å². The van der Waals surface area contributed by atoms with Crippen LogP contribution in [0, 0.1) is 5.92 Å². The maximum absolute atomic E-state index is 11.3. The normalized spacial score (nSPS) is 21.6. The van der Waals surface area contributed by atoms with Crippen LogP contribution in [0.5, 0.6) is 0 Å². The minimum Gasteiger partial charge on any atom is -0.348 e. The molecule has 0 unspecified atom stereocenters. The molecule has 0 bridgehead atoms. The number of nitrogens with zero attached hydrogens (tertiary/aromatic N) is 3. The van der Waals surface area contributed by atoms with Crippen molar-refractivity contribution in [3.63, 3.8) is 0 Å². The highest BCUT2D eigenvalue weighted by atomic mass is 32.1. The van der Waals surface area contributed by atoms with Crippen molar-refractivity contribution in [3.8, 4) is 0 Å². The van der Waals surface area contributed by atoms with E-state index < -0.39 is 0 Å². The van der Waals surface area contributed by atoms with Crippen molar-refractivity contribution in [2.45, 2.75) is 32.6 Å². The van der Waals surface area contributed by atoms with Crippen LogP contribution in [0.25, 0.3) is 0 Å². The number of rotatable bonds is 4. The molecule has 20 heavy (non-hydrogen) atoms. The Kier molecular flexibility index (Phi) is 4.36. The van der Waals surface area contributed by atoms with Crippen molar-refractivity contribution in [1.82, 2.24) is 9.88 Å². The molecular weight excluding hydrogens is 270 g/mol. The largest absolute Gasteiger partial charge is 0.348 e. The molecule has 4 nitrogen and oxygen atoms in total. The van der Waals surface area contributed by atoms with Crippen LogP contribution in [-0.4, -0.2) is 48.4 Å². The maximum Gasteiger partial charge on any atom is 0.185 e. The van der Waals surface area contributed by atoms with Crippen LogP contribution in [0.1, 0.15) is 43.1 Å². The average Bonchev–Trinajstić information content (AvgIpc) is 3.10. The monoisotopic (exact) mass is 293 g/mol. The first kappa shape index (κ1) is 14.0. The Bertz CT molecular complexity index is 459. The molecule has 3 rings (SSSR count). The number of thiazole rings is 1. The number of Topliss-reactive ketones (excluding diaryl/α,β-unsaturated/α-hetero) is 1. The molecule has 0 atom stereocenters. The summed E-state index contributed by atoms with van der Waals surface area (Å²) in [7, 11) is 0. The Balaban J connectivity index is 1.51. The van der Waals surface area contributed by atoms with E-state index in [4.69, 9.17) is 0 Å². The number of ketones is 1. The molecule has 2 fully saturated rings. The molecule has 0 saturated carbocycles. The van der Waals surface area contributed by atoms with Crippen LogP contribution >= 0.6 is 11.3 Å². The summed E-state index contributed by atoms with van der Waals surface area (Å²) in [6.07, 6.45) is 5.27. The molecule has 2 aliphatic rings. The second-order valence-electron chi connectivity index (χ2n) is 6.01. The predicted octanol–water partition coefficient (Wildman–Crippen LogP) is 2.66. The van der Waals surface area contributed by atoms with E-state index in [1.54, 1.807) is 18.3 Å². The summed E-state index contributed by atoms with van der Waals surface area (Å²) in [6.45, 7) is 7.64. The van der Waals surface area contributed by atoms with Crippen LogP contribution in [0.4, 0.5) is 5.13 Å². The predicted molar refractivity (Wildman–Crippen MR) is 82.7 cm³/mol. The smallest absolute Gasteiger partial charge is 0.185 e. The first-order chi connectivity index (χ1) is 9.72. The quantitative estimate of drug-likeness (QED) is 0.800. The van der Waals surface area contributed by atoms with Gasteiger partial charge in [-0.05, 0) is 44.7 Å². The summed E-state index contributed by atoms with van der Waals surface area (Å²) in [5.74, 6) is 0.910. The lowest BCUT2D eigenvalue weighted by molar-refractivity contribution is 0.101. The summed E-state index contributed by atoms with van der Waals surface area (Å²) in [4.78, 5) is 20.7. The Morgan fingerprint density at radius 1 is 1.30 bits per heavy atom.